The Morgan fingerprint density at radius 1 is 1.26 bits per heavy atom. The maximum Gasteiger partial charge on any atom is 0.311 e. The Morgan fingerprint density at radius 3 is 3.00 bits per heavy atom. The monoisotopic (exact) mass is 382 g/mol. The van der Waals surface area contributed by atoms with Crippen molar-refractivity contribution >= 4 is 34.4 Å². The van der Waals surface area contributed by atoms with E-state index in [1.807, 2.05) is 42.6 Å². The van der Waals surface area contributed by atoms with Crippen LogP contribution in [0.1, 0.15) is 29.9 Å². The van der Waals surface area contributed by atoms with Gasteiger partial charge < -0.3 is 15.0 Å². The van der Waals surface area contributed by atoms with E-state index < -0.39 is 0 Å². The number of hydrogen-bond acceptors (Lipinski definition) is 3. The molecule has 1 aliphatic rings. The number of carbonyl (C=O) groups is 2. The van der Waals surface area contributed by atoms with E-state index in [4.69, 9.17) is 16.3 Å². The second kappa shape index (κ2) is 7.45. The average molecular weight is 383 g/mol. The molecule has 2 aromatic carbocycles. The van der Waals surface area contributed by atoms with Crippen molar-refractivity contribution in [2.75, 3.05) is 6.54 Å². The van der Waals surface area contributed by atoms with Gasteiger partial charge in [0.05, 0.1) is 6.42 Å². The molecule has 0 radical (unpaired) electrons. The van der Waals surface area contributed by atoms with Crippen molar-refractivity contribution in [3.8, 4) is 5.75 Å². The van der Waals surface area contributed by atoms with E-state index in [-0.39, 0.29) is 30.6 Å². The van der Waals surface area contributed by atoms with Crippen molar-refractivity contribution in [1.29, 1.82) is 0 Å². The molecule has 4 rings (SSSR count). The molecule has 1 atom stereocenters. The van der Waals surface area contributed by atoms with Gasteiger partial charge in [-0.05, 0) is 41.8 Å². The van der Waals surface area contributed by atoms with Crippen LogP contribution in [-0.2, 0) is 16.0 Å². The van der Waals surface area contributed by atoms with E-state index in [9.17, 15) is 9.59 Å². The number of hydrogen-bond donors (Lipinski definition) is 2. The summed E-state index contributed by atoms with van der Waals surface area (Å²) >= 11 is 6.07. The van der Waals surface area contributed by atoms with Crippen molar-refractivity contribution in [3.05, 3.63) is 64.8 Å². The average Bonchev–Trinajstić information content (AvgIpc) is 3.04. The quantitative estimate of drug-likeness (QED) is 0.518. The highest BCUT2D eigenvalue weighted by Gasteiger charge is 2.28. The van der Waals surface area contributed by atoms with Gasteiger partial charge in [-0.25, -0.2) is 0 Å². The topological polar surface area (TPSA) is 71.2 Å². The van der Waals surface area contributed by atoms with Crippen LogP contribution in [0, 0.1) is 0 Å². The highest BCUT2D eigenvalue weighted by Crippen LogP contribution is 2.35. The lowest BCUT2D eigenvalue weighted by Crippen LogP contribution is -2.29. The molecular formula is C21H19ClN2O3. The lowest BCUT2D eigenvalue weighted by Gasteiger charge is -2.23. The molecule has 5 nitrogen and oxygen atoms in total. The number of carbonyl (C=O) groups excluding carboxylic acids is 2. The number of benzene rings is 2. The minimum Gasteiger partial charge on any atom is -0.426 e. The lowest BCUT2D eigenvalue weighted by atomic mass is 9.89. The number of amides is 1. The number of halogens is 1. The number of aromatic amines is 1. The molecule has 1 aliphatic heterocycles. The zero-order valence-electron chi connectivity index (χ0n) is 14.6. The SMILES string of the molecule is O=C(C[C@H]1CC(=O)Oc2ccccc21)NCCc1c[nH]c2ccc(Cl)cc12. The summed E-state index contributed by atoms with van der Waals surface area (Å²) in [5.41, 5.74) is 3.05. The van der Waals surface area contributed by atoms with E-state index in [0.29, 0.717) is 23.7 Å². The number of rotatable bonds is 5. The summed E-state index contributed by atoms with van der Waals surface area (Å²) in [5.74, 6) is 0.0566. The Bertz CT molecular complexity index is 1010. The summed E-state index contributed by atoms with van der Waals surface area (Å²) < 4.78 is 5.24. The molecule has 0 saturated heterocycles. The molecular weight excluding hydrogens is 364 g/mol. The van der Waals surface area contributed by atoms with Crippen LogP contribution in [-0.4, -0.2) is 23.4 Å². The van der Waals surface area contributed by atoms with E-state index in [1.165, 1.54) is 0 Å². The first-order chi connectivity index (χ1) is 13.1. The Balaban J connectivity index is 1.36. The van der Waals surface area contributed by atoms with E-state index in [1.54, 1.807) is 6.07 Å². The smallest absolute Gasteiger partial charge is 0.311 e. The van der Waals surface area contributed by atoms with Crippen LogP contribution in [0.2, 0.25) is 5.02 Å². The molecule has 2 heterocycles. The molecule has 0 saturated carbocycles. The fourth-order valence-electron chi connectivity index (χ4n) is 3.56. The first-order valence-corrected chi connectivity index (χ1v) is 9.30. The maximum atomic E-state index is 12.4. The van der Waals surface area contributed by atoms with Gasteiger partial charge in [0, 0.05) is 41.0 Å². The largest absolute Gasteiger partial charge is 0.426 e. The summed E-state index contributed by atoms with van der Waals surface area (Å²) in [7, 11) is 0. The van der Waals surface area contributed by atoms with Crippen molar-refractivity contribution in [2.24, 2.45) is 0 Å². The van der Waals surface area contributed by atoms with Crippen LogP contribution in [0.15, 0.2) is 48.7 Å². The molecule has 6 heteroatoms. The standard InChI is InChI=1S/C21H19ClN2O3/c22-15-5-6-18-17(11-15)13(12-24-18)7-8-23-20(25)9-14-10-21(26)27-19-4-2-1-3-16(14)19/h1-6,11-12,14,24H,7-10H2,(H,23,25)/t14-/m0/s1. The summed E-state index contributed by atoms with van der Waals surface area (Å²) in [6, 6.07) is 13.1. The van der Waals surface area contributed by atoms with Gasteiger partial charge in [0.15, 0.2) is 0 Å². The molecule has 0 spiro atoms. The van der Waals surface area contributed by atoms with E-state index >= 15 is 0 Å². The molecule has 0 bridgehead atoms. The van der Waals surface area contributed by atoms with Crippen LogP contribution in [0.4, 0.5) is 0 Å². The number of nitrogens with one attached hydrogen (secondary N) is 2. The Kier molecular flexibility index (Phi) is 4.86. The molecule has 138 valence electrons. The number of aromatic nitrogens is 1. The second-order valence-electron chi connectivity index (χ2n) is 6.72. The molecule has 0 aliphatic carbocycles. The number of fused-ring (bicyclic) bond motifs is 2. The number of ether oxygens (including phenoxy) is 1. The van der Waals surface area contributed by atoms with E-state index in [2.05, 4.69) is 10.3 Å². The van der Waals surface area contributed by atoms with E-state index in [0.717, 1.165) is 22.0 Å². The third kappa shape index (κ3) is 3.83. The van der Waals surface area contributed by atoms with Crippen LogP contribution in [0.3, 0.4) is 0 Å². The third-order valence-electron chi connectivity index (χ3n) is 4.87. The number of H-pyrrole nitrogens is 1. The van der Waals surface area contributed by atoms with Crippen LogP contribution >= 0.6 is 11.6 Å². The van der Waals surface area contributed by atoms with Gasteiger partial charge in [-0.1, -0.05) is 29.8 Å². The highest BCUT2D eigenvalue weighted by atomic mass is 35.5. The van der Waals surface area contributed by atoms with Gasteiger partial charge in [-0.3, -0.25) is 9.59 Å². The molecule has 27 heavy (non-hydrogen) atoms. The van der Waals surface area contributed by atoms with Gasteiger partial charge in [0.1, 0.15) is 5.75 Å². The first kappa shape index (κ1) is 17.6. The predicted molar refractivity (Wildman–Crippen MR) is 104 cm³/mol. The minimum atomic E-state index is -0.290. The third-order valence-corrected chi connectivity index (χ3v) is 5.11. The van der Waals surface area contributed by atoms with Gasteiger partial charge in [0.25, 0.3) is 0 Å². The Labute approximate surface area is 161 Å². The summed E-state index contributed by atoms with van der Waals surface area (Å²) in [5, 5.41) is 4.72. The van der Waals surface area contributed by atoms with Crippen molar-refractivity contribution < 1.29 is 14.3 Å². The molecule has 3 aromatic rings. The fourth-order valence-corrected chi connectivity index (χ4v) is 3.73. The molecule has 1 amide bonds. The maximum absolute atomic E-state index is 12.4. The zero-order valence-corrected chi connectivity index (χ0v) is 15.4. The predicted octanol–water partition coefficient (Wildman–Crippen LogP) is 3.96. The number of para-hydroxylation sites is 1. The molecule has 0 fully saturated rings. The second-order valence-corrected chi connectivity index (χ2v) is 7.16. The molecule has 1 aromatic heterocycles. The van der Waals surface area contributed by atoms with Crippen LogP contribution in [0.25, 0.3) is 10.9 Å². The van der Waals surface area contributed by atoms with Gasteiger partial charge >= 0.3 is 5.97 Å². The Morgan fingerprint density at radius 2 is 2.11 bits per heavy atom. The van der Waals surface area contributed by atoms with Gasteiger partial charge in [0.2, 0.25) is 5.91 Å². The van der Waals surface area contributed by atoms with Crippen molar-refractivity contribution in [1.82, 2.24) is 10.3 Å². The van der Waals surface area contributed by atoms with Crippen molar-refractivity contribution in [3.63, 3.8) is 0 Å². The fraction of sp³-hybridized carbons (Fsp3) is 0.238. The van der Waals surface area contributed by atoms with Gasteiger partial charge in [-0.2, -0.15) is 0 Å². The lowest BCUT2D eigenvalue weighted by molar-refractivity contribution is -0.136. The molecule has 2 N–H and O–H groups in total. The first-order valence-electron chi connectivity index (χ1n) is 8.92. The highest BCUT2D eigenvalue weighted by molar-refractivity contribution is 6.31. The normalized spacial score (nSPS) is 16.0. The summed E-state index contributed by atoms with van der Waals surface area (Å²) in [6.07, 6.45) is 3.15. The number of esters is 1. The van der Waals surface area contributed by atoms with Crippen molar-refractivity contribution in [2.45, 2.75) is 25.2 Å². The van der Waals surface area contributed by atoms with Gasteiger partial charge in [-0.15, -0.1) is 0 Å². The summed E-state index contributed by atoms with van der Waals surface area (Å²) in [6.45, 7) is 0.525. The van der Waals surface area contributed by atoms with Crippen LogP contribution < -0.4 is 10.1 Å². The minimum absolute atomic E-state index is 0.0672. The Hall–Kier alpha value is -2.79. The summed E-state index contributed by atoms with van der Waals surface area (Å²) in [4.78, 5) is 27.4. The van der Waals surface area contributed by atoms with Crippen LogP contribution in [0.5, 0.6) is 5.75 Å². The zero-order chi connectivity index (χ0) is 18.8. The molecule has 0 unspecified atom stereocenters.